The van der Waals surface area contributed by atoms with E-state index in [1.165, 1.54) is 42.9 Å². The fraction of sp³-hybridized carbons (Fsp3) is 0. The van der Waals surface area contributed by atoms with E-state index in [1.807, 2.05) is 0 Å². The molecule has 0 saturated heterocycles. The summed E-state index contributed by atoms with van der Waals surface area (Å²) in [5.41, 5.74) is 0. The molecule has 0 bridgehead atoms. The van der Waals surface area contributed by atoms with Crippen LogP contribution in [-0.2, 0) is 58.7 Å². The molecule has 0 unspecified atom stereocenters. The third-order valence-electron chi connectivity index (χ3n) is 0.123. The van der Waals surface area contributed by atoms with E-state index in [4.69, 9.17) is 0 Å². The Balaban J connectivity index is 3.89. The minimum atomic E-state index is -3.71. The van der Waals surface area contributed by atoms with E-state index in [2.05, 4.69) is 5.38 Å². The van der Waals surface area contributed by atoms with E-state index in [0.717, 1.165) is 0 Å². The zero-order valence-electron chi connectivity index (χ0n) is 2.64. The summed E-state index contributed by atoms with van der Waals surface area (Å²) in [6.07, 6.45) is 0. The van der Waals surface area contributed by atoms with Crippen LogP contribution >= 0.6 is 0 Å². The zero-order chi connectivity index (χ0) is 5.91. The standard InChI is InChI=1S/2Au.H2O4S/c;;1-5(2,3)4/h;;(H2,1,2,3,4)/q2*+1;/p-2. The molecule has 0 aliphatic rings. The predicted octanol–water partition coefficient (Wildman–Crippen LogP) is -0.812. The Morgan fingerprint density at radius 3 is 1.43 bits per heavy atom. The van der Waals surface area contributed by atoms with Crippen molar-refractivity contribution < 1.29 is 56.7 Å². The van der Waals surface area contributed by atoms with E-state index in [0.29, 0.717) is 0 Å². The molecular formula is Au2O4S. The van der Waals surface area contributed by atoms with Crippen LogP contribution in [0.5, 0.6) is 0 Å². The Kier molecular flexibility index (Phi) is 4.04. The summed E-state index contributed by atoms with van der Waals surface area (Å²) in [6.45, 7) is 0. The topological polar surface area (TPSA) is 52.6 Å². The van der Waals surface area contributed by atoms with Gasteiger partial charge in [0.25, 0.3) is 0 Å². The number of hydrogen-bond donors (Lipinski definition) is 0. The zero-order valence-corrected chi connectivity index (χ0v) is 7.79. The predicted molar refractivity (Wildman–Crippen MR) is 11.1 cm³/mol. The van der Waals surface area contributed by atoms with Crippen LogP contribution in [0.1, 0.15) is 0 Å². The number of rotatable bonds is 2. The third kappa shape index (κ3) is 3.89. The molecule has 52 valence electrons. The average molecular weight is 490 g/mol. The molecule has 0 N–H and O–H groups in total. The maximum absolute atomic E-state index is 9.90. The van der Waals surface area contributed by atoms with Crippen LogP contribution in [0.4, 0.5) is 0 Å². The quantitative estimate of drug-likeness (QED) is 0.476. The van der Waals surface area contributed by atoms with E-state index in [9.17, 15) is 8.42 Å². The molecule has 0 aliphatic carbocycles. The van der Waals surface area contributed by atoms with Crippen molar-refractivity contribution >= 4 is 10.4 Å². The van der Waals surface area contributed by atoms with Gasteiger partial charge in [0.15, 0.2) is 0 Å². The first-order valence-electron chi connectivity index (χ1n) is 0.913. The molecule has 0 atom stereocenters. The van der Waals surface area contributed by atoms with Crippen LogP contribution in [0.2, 0.25) is 0 Å². The Bertz CT molecular complexity index is 113. The summed E-state index contributed by atoms with van der Waals surface area (Å²) >= 11 is 2.74. The first kappa shape index (κ1) is 8.35. The summed E-state index contributed by atoms with van der Waals surface area (Å²) in [5.74, 6) is 0. The Labute approximate surface area is 66.7 Å². The van der Waals surface area contributed by atoms with Gasteiger partial charge in [-0.05, 0) is 0 Å². The monoisotopic (exact) mass is 490 g/mol. The molecule has 7 heteroatoms. The second-order valence-electron chi connectivity index (χ2n) is 0.509. The van der Waals surface area contributed by atoms with Crippen LogP contribution < -0.4 is 0 Å². The van der Waals surface area contributed by atoms with E-state index >= 15 is 0 Å². The van der Waals surface area contributed by atoms with Gasteiger partial charge in [-0.2, -0.15) is 0 Å². The van der Waals surface area contributed by atoms with Gasteiger partial charge >= 0.3 is 67.1 Å². The molecule has 0 aromatic heterocycles. The molecule has 0 spiro atoms. The van der Waals surface area contributed by atoms with Crippen LogP contribution in [0.3, 0.4) is 0 Å². The second kappa shape index (κ2) is 3.39. The van der Waals surface area contributed by atoms with Crippen LogP contribution in [0, 0.1) is 0 Å². The normalized spacial score (nSPS) is 12.0. The SMILES string of the molecule is O=S(=O)([O][Au])[O][Au]. The van der Waals surface area contributed by atoms with Crippen molar-refractivity contribution in [1.82, 2.24) is 0 Å². The molecule has 0 aromatic carbocycles. The first-order valence-corrected chi connectivity index (χ1v) is 4.02. The Morgan fingerprint density at radius 2 is 1.43 bits per heavy atom. The van der Waals surface area contributed by atoms with Gasteiger partial charge in [-0.25, -0.2) is 0 Å². The molecule has 0 saturated carbocycles. The molecule has 0 aliphatic heterocycles. The molecule has 0 heterocycles. The molecule has 0 amide bonds. The number of hydrogen-bond acceptors (Lipinski definition) is 4. The van der Waals surface area contributed by atoms with Crippen molar-refractivity contribution in [1.29, 1.82) is 0 Å². The van der Waals surface area contributed by atoms with E-state index in [-0.39, 0.29) is 0 Å². The molecule has 0 fully saturated rings. The average Bonchev–Trinajstić information content (AvgIpc) is 1.68. The minimum absolute atomic E-state index is 1.37. The van der Waals surface area contributed by atoms with Gasteiger partial charge in [-0.1, -0.05) is 0 Å². The van der Waals surface area contributed by atoms with Gasteiger partial charge in [-0.15, -0.1) is 0 Å². The molecule has 0 rings (SSSR count). The van der Waals surface area contributed by atoms with E-state index < -0.39 is 10.4 Å². The van der Waals surface area contributed by atoms with Crippen molar-refractivity contribution in [2.45, 2.75) is 0 Å². The van der Waals surface area contributed by atoms with Gasteiger partial charge in [0.05, 0.1) is 0 Å². The maximum atomic E-state index is 9.90. The molecule has 0 radical (unpaired) electrons. The third-order valence-corrected chi connectivity index (χ3v) is 3.02. The Morgan fingerprint density at radius 1 is 1.14 bits per heavy atom. The van der Waals surface area contributed by atoms with Gasteiger partial charge in [0.2, 0.25) is 0 Å². The van der Waals surface area contributed by atoms with Gasteiger partial charge in [0.1, 0.15) is 0 Å². The van der Waals surface area contributed by atoms with E-state index in [1.54, 1.807) is 0 Å². The molecular weight excluding hydrogens is 490 g/mol. The van der Waals surface area contributed by atoms with Crippen LogP contribution in [-0.4, -0.2) is 8.42 Å². The van der Waals surface area contributed by atoms with Crippen LogP contribution in [0.25, 0.3) is 0 Å². The summed E-state index contributed by atoms with van der Waals surface area (Å²) in [4.78, 5) is 0. The van der Waals surface area contributed by atoms with Crippen LogP contribution in [0.15, 0.2) is 0 Å². The first-order chi connectivity index (χ1) is 3.12. The van der Waals surface area contributed by atoms with Crippen molar-refractivity contribution in [2.75, 3.05) is 0 Å². The Hall–Kier alpha value is 1.35. The van der Waals surface area contributed by atoms with Gasteiger partial charge < -0.3 is 0 Å². The summed E-state index contributed by atoms with van der Waals surface area (Å²) in [5, 5.41) is 0. The van der Waals surface area contributed by atoms with Crippen molar-refractivity contribution in [3.05, 3.63) is 0 Å². The molecule has 4 nitrogen and oxygen atoms in total. The van der Waals surface area contributed by atoms with Gasteiger partial charge in [0, 0.05) is 0 Å². The van der Waals surface area contributed by atoms with Crippen molar-refractivity contribution in [3.63, 3.8) is 0 Å². The van der Waals surface area contributed by atoms with Gasteiger partial charge in [-0.3, -0.25) is 0 Å². The second-order valence-corrected chi connectivity index (χ2v) is 3.69. The molecule has 7 heavy (non-hydrogen) atoms. The summed E-state index contributed by atoms with van der Waals surface area (Å²) < 4.78 is 27.3. The fourth-order valence-corrected chi connectivity index (χ4v) is 1.24. The summed E-state index contributed by atoms with van der Waals surface area (Å²) in [7, 11) is -3.71. The van der Waals surface area contributed by atoms with Crippen molar-refractivity contribution in [3.8, 4) is 0 Å². The molecule has 0 aromatic rings. The summed E-state index contributed by atoms with van der Waals surface area (Å²) in [6, 6.07) is 0. The fourth-order valence-electron chi connectivity index (χ4n) is 0.00619. The van der Waals surface area contributed by atoms with Crippen molar-refractivity contribution in [2.24, 2.45) is 0 Å².